The molecule has 0 aliphatic rings. The Bertz CT molecular complexity index is 500. The smallest absolute Gasteiger partial charge is 0.328 e. The van der Waals surface area contributed by atoms with Crippen molar-refractivity contribution < 1.29 is 24.1 Å². The highest BCUT2D eigenvalue weighted by Gasteiger charge is 2.13. The van der Waals surface area contributed by atoms with Gasteiger partial charge in [-0.25, -0.2) is 4.79 Å². The second-order valence-corrected chi connectivity index (χ2v) is 3.42. The second-order valence-electron chi connectivity index (χ2n) is 3.42. The van der Waals surface area contributed by atoms with Gasteiger partial charge in [-0.05, 0) is 23.8 Å². The lowest BCUT2D eigenvalue weighted by molar-refractivity contribution is -0.131. The monoisotopic (exact) mass is 262 g/mol. The SMILES string of the molecule is C#CCOc1c(OC)cc(/C=C/C(=O)O)cc1OC. The third kappa shape index (κ3) is 3.96. The first-order valence-corrected chi connectivity index (χ1v) is 5.35. The molecule has 0 radical (unpaired) electrons. The minimum Gasteiger partial charge on any atom is -0.493 e. The van der Waals surface area contributed by atoms with Crippen LogP contribution in [0.2, 0.25) is 0 Å². The van der Waals surface area contributed by atoms with E-state index in [-0.39, 0.29) is 6.61 Å². The number of hydrogen-bond acceptors (Lipinski definition) is 4. The van der Waals surface area contributed by atoms with E-state index in [4.69, 9.17) is 25.7 Å². The molecule has 0 saturated heterocycles. The standard InChI is InChI=1S/C14H14O5/c1-4-7-19-14-11(17-2)8-10(5-6-13(15)16)9-12(14)18-3/h1,5-6,8-9H,7H2,2-3H3,(H,15,16)/b6-5+. The van der Waals surface area contributed by atoms with Gasteiger partial charge < -0.3 is 19.3 Å². The minimum absolute atomic E-state index is 0.0804. The van der Waals surface area contributed by atoms with Crippen molar-refractivity contribution in [2.75, 3.05) is 20.8 Å². The van der Waals surface area contributed by atoms with Gasteiger partial charge in [-0.3, -0.25) is 0 Å². The van der Waals surface area contributed by atoms with Crippen molar-refractivity contribution in [3.63, 3.8) is 0 Å². The van der Waals surface area contributed by atoms with Gasteiger partial charge in [0.15, 0.2) is 11.5 Å². The Morgan fingerprint density at radius 3 is 2.37 bits per heavy atom. The van der Waals surface area contributed by atoms with Gasteiger partial charge in [0.1, 0.15) is 6.61 Å². The lowest BCUT2D eigenvalue weighted by Gasteiger charge is -2.13. The zero-order valence-corrected chi connectivity index (χ0v) is 10.7. The molecule has 1 N–H and O–H groups in total. The van der Waals surface area contributed by atoms with E-state index in [1.54, 1.807) is 12.1 Å². The molecule has 0 saturated carbocycles. The van der Waals surface area contributed by atoms with Crippen LogP contribution in [0, 0.1) is 12.3 Å². The fraction of sp³-hybridized carbons (Fsp3) is 0.214. The molecule has 0 bridgehead atoms. The molecular weight excluding hydrogens is 248 g/mol. The van der Waals surface area contributed by atoms with Crippen LogP contribution in [-0.4, -0.2) is 31.9 Å². The number of rotatable bonds is 6. The second kappa shape index (κ2) is 6.97. The highest BCUT2D eigenvalue weighted by molar-refractivity contribution is 5.85. The summed E-state index contributed by atoms with van der Waals surface area (Å²) in [5.74, 6) is 2.53. The van der Waals surface area contributed by atoms with Gasteiger partial charge in [-0.15, -0.1) is 6.42 Å². The molecule has 5 heteroatoms. The normalized spacial score (nSPS) is 9.95. The van der Waals surface area contributed by atoms with Crippen molar-refractivity contribution in [2.24, 2.45) is 0 Å². The molecule has 0 heterocycles. The van der Waals surface area contributed by atoms with E-state index < -0.39 is 5.97 Å². The van der Waals surface area contributed by atoms with E-state index in [0.29, 0.717) is 22.8 Å². The van der Waals surface area contributed by atoms with Gasteiger partial charge in [0.2, 0.25) is 5.75 Å². The van der Waals surface area contributed by atoms with Crippen LogP contribution in [0.1, 0.15) is 5.56 Å². The first-order valence-electron chi connectivity index (χ1n) is 5.35. The molecule has 100 valence electrons. The topological polar surface area (TPSA) is 65.0 Å². The highest BCUT2D eigenvalue weighted by atomic mass is 16.5. The van der Waals surface area contributed by atoms with E-state index >= 15 is 0 Å². The summed E-state index contributed by atoms with van der Waals surface area (Å²) in [6.07, 6.45) is 7.59. The molecule has 0 aliphatic heterocycles. The molecule has 0 aliphatic carbocycles. The molecule has 0 amide bonds. The summed E-state index contributed by atoms with van der Waals surface area (Å²) >= 11 is 0. The number of hydrogen-bond donors (Lipinski definition) is 1. The number of ether oxygens (including phenoxy) is 3. The zero-order valence-electron chi connectivity index (χ0n) is 10.7. The average Bonchev–Trinajstić information content (AvgIpc) is 2.42. The van der Waals surface area contributed by atoms with Crippen LogP contribution >= 0.6 is 0 Å². The van der Waals surface area contributed by atoms with E-state index in [2.05, 4.69) is 5.92 Å². The van der Waals surface area contributed by atoms with Crippen molar-refractivity contribution >= 4 is 12.0 Å². The number of aliphatic carboxylic acids is 1. The van der Waals surface area contributed by atoms with Gasteiger partial charge in [0, 0.05) is 6.08 Å². The summed E-state index contributed by atoms with van der Waals surface area (Å²) in [4.78, 5) is 10.5. The lowest BCUT2D eigenvalue weighted by Crippen LogP contribution is -2.00. The highest BCUT2D eigenvalue weighted by Crippen LogP contribution is 2.38. The van der Waals surface area contributed by atoms with Crippen molar-refractivity contribution in [1.29, 1.82) is 0 Å². The Labute approximate surface area is 111 Å². The van der Waals surface area contributed by atoms with Crippen LogP contribution in [0.3, 0.4) is 0 Å². The molecule has 0 fully saturated rings. The average molecular weight is 262 g/mol. The summed E-state index contributed by atoms with van der Waals surface area (Å²) in [6.45, 7) is 0.0804. The van der Waals surface area contributed by atoms with Crippen molar-refractivity contribution in [3.05, 3.63) is 23.8 Å². The molecule has 1 aromatic carbocycles. The molecule has 5 nitrogen and oxygen atoms in total. The van der Waals surface area contributed by atoms with Gasteiger partial charge in [-0.2, -0.15) is 0 Å². The maximum Gasteiger partial charge on any atom is 0.328 e. The summed E-state index contributed by atoms with van der Waals surface area (Å²) in [6, 6.07) is 3.27. The Morgan fingerprint density at radius 2 is 1.95 bits per heavy atom. The van der Waals surface area contributed by atoms with Gasteiger partial charge in [-0.1, -0.05) is 5.92 Å². The number of carboxylic acids is 1. The third-order valence-electron chi connectivity index (χ3n) is 2.20. The zero-order chi connectivity index (χ0) is 14.3. The number of carbonyl (C=O) groups is 1. The van der Waals surface area contributed by atoms with Crippen molar-refractivity contribution in [3.8, 4) is 29.6 Å². The largest absolute Gasteiger partial charge is 0.493 e. The van der Waals surface area contributed by atoms with Crippen LogP contribution in [0.5, 0.6) is 17.2 Å². The Kier molecular flexibility index (Phi) is 5.30. The summed E-state index contributed by atoms with van der Waals surface area (Å²) in [5.41, 5.74) is 0.615. The van der Waals surface area contributed by atoms with Crippen LogP contribution in [0.4, 0.5) is 0 Å². The number of terminal acetylenes is 1. The summed E-state index contributed by atoms with van der Waals surface area (Å²) in [5, 5.41) is 8.60. The van der Waals surface area contributed by atoms with E-state index in [1.165, 1.54) is 20.3 Å². The first kappa shape index (κ1) is 14.5. The maximum atomic E-state index is 10.5. The van der Waals surface area contributed by atoms with Gasteiger partial charge >= 0.3 is 5.97 Å². The maximum absolute atomic E-state index is 10.5. The quantitative estimate of drug-likeness (QED) is 0.625. The van der Waals surface area contributed by atoms with E-state index in [9.17, 15) is 4.79 Å². The number of methoxy groups -OCH3 is 2. The fourth-order valence-electron chi connectivity index (χ4n) is 1.42. The fourth-order valence-corrected chi connectivity index (χ4v) is 1.42. The lowest BCUT2D eigenvalue weighted by atomic mass is 10.1. The van der Waals surface area contributed by atoms with Crippen LogP contribution in [0.15, 0.2) is 18.2 Å². The molecule has 1 aromatic rings. The minimum atomic E-state index is -1.04. The Hall–Kier alpha value is -2.61. The molecule has 1 rings (SSSR count). The van der Waals surface area contributed by atoms with Crippen molar-refractivity contribution in [2.45, 2.75) is 0 Å². The predicted molar refractivity (Wildman–Crippen MR) is 70.5 cm³/mol. The third-order valence-corrected chi connectivity index (χ3v) is 2.20. The van der Waals surface area contributed by atoms with Crippen molar-refractivity contribution in [1.82, 2.24) is 0 Å². The van der Waals surface area contributed by atoms with E-state index in [1.807, 2.05) is 0 Å². The Balaban J connectivity index is 3.20. The molecule has 0 atom stereocenters. The van der Waals surface area contributed by atoms with Gasteiger partial charge in [0.05, 0.1) is 14.2 Å². The van der Waals surface area contributed by atoms with Crippen LogP contribution < -0.4 is 14.2 Å². The molecule has 0 aromatic heterocycles. The summed E-state index contributed by atoms with van der Waals surface area (Å²) < 4.78 is 15.7. The Morgan fingerprint density at radius 1 is 1.37 bits per heavy atom. The first-order chi connectivity index (χ1) is 9.12. The molecular formula is C14H14O5. The van der Waals surface area contributed by atoms with Crippen LogP contribution in [-0.2, 0) is 4.79 Å². The van der Waals surface area contributed by atoms with Crippen LogP contribution in [0.25, 0.3) is 6.08 Å². The van der Waals surface area contributed by atoms with E-state index in [0.717, 1.165) is 6.08 Å². The number of carboxylic acid groups (broad SMARTS) is 1. The molecule has 0 spiro atoms. The summed E-state index contributed by atoms with van der Waals surface area (Å²) in [7, 11) is 2.95. The molecule has 19 heavy (non-hydrogen) atoms. The molecule has 0 unspecified atom stereocenters. The predicted octanol–water partition coefficient (Wildman–Crippen LogP) is 1.81. The number of benzene rings is 1. The van der Waals surface area contributed by atoms with Gasteiger partial charge in [0.25, 0.3) is 0 Å².